The Bertz CT molecular complexity index is 1110. The fraction of sp³-hybridized carbons (Fsp3) is 0.240. The Morgan fingerprint density at radius 1 is 0.939 bits per heavy atom. The van der Waals surface area contributed by atoms with Crippen LogP contribution in [0.3, 0.4) is 0 Å². The molecule has 3 aromatic carbocycles. The summed E-state index contributed by atoms with van der Waals surface area (Å²) in [5.41, 5.74) is 4.62. The number of benzene rings is 3. The normalized spacial score (nSPS) is 10.6. The molecular weight excluding hydrogens is 454 g/mol. The predicted molar refractivity (Wildman–Crippen MR) is 135 cm³/mol. The molecule has 0 radical (unpaired) electrons. The van der Waals surface area contributed by atoms with Crippen molar-refractivity contribution in [2.24, 2.45) is 0 Å². The maximum absolute atomic E-state index is 5.95. The van der Waals surface area contributed by atoms with Gasteiger partial charge in [-0.1, -0.05) is 71.9 Å². The zero-order chi connectivity index (χ0) is 22.0. The van der Waals surface area contributed by atoms with Gasteiger partial charge in [0.2, 0.25) is 5.16 Å². The lowest BCUT2D eigenvalue weighted by Crippen LogP contribution is -2.15. The number of rotatable bonds is 11. The predicted octanol–water partition coefficient (Wildman–Crippen LogP) is 5.24. The van der Waals surface area contributed by atoms with E-state index in [1.54, 1.807) is 16.4 Å². The van der Waals surface area contributed by atoms with Gasteiger partial charge in [-0.25, -0.2) is 0 Å². The molecule has 0 aliphatic rings. The number of aromatic nitrogens is 4. The summed E-state index contributed by atoms with van der Waals surface area (Å²) in [5.74, 6) is 1.84. The fourth-order valence-electron chi connectivity index (χ4n) is 3.19. The number of thioether (sulfide) groups is 1. The summed E-state index contributed by atoms with van der Waals surface area (Å²) < 4.78 is 7.73. The Balaban J connectivity index is 0.00000306. The molecule has 4 rings (SSSR count). The minimum atomic E-state index is 0. The lowest BCUT2D eigenvalue weighted by molar-refractivity contribution is 0.306. The van der Waals surface area contributed by atoms with Gasteiger partial charge in [0.1, 0.15) is 12.4 Å². The first-order chi connectivity index (χ1) is 15.8. The topological polar surface area (TPSA) is 64.9 Å². The van der Waals surface area contributed by atoms with E-state index in [9.17, 15) is 0 Å². The van der Waals surface area contributed by atoms with Crippen LogP contribution in [0.5, 0.6) is 5.75 Å². The van der Waals surface area contributed by atoms with Crippen molar-refractivity contribution in [1.82, 2.24) is 25.5 Å². The van der Waals surface area contributed by atoms with Crippen LogP contribution in [0, 0.1) is 6.92 Å². The highest BCUT2D eigenvalue weighted by Crippen LogP contribution is 2.19. The Labute approximate surface area is 205 Å². The maximum atomic E-state index is 5.95. The quantitative estimate of drug-likeness (QED) is 0.233. The first-order valence-electron chi connectivity index (χ1n) is 10.7. The second kappa shape index (κ2) is 13.0. The molecule has 0 amide bonds. The van der Waals surface area contributed by atoms with Crippen LogP contribution in [0.4, 0.5) is 0 Å². The molecule has 0 aliphatic heterocycles. The van der Waals surface area contributed by atoms with Crippen LogP contribution < -0.4 is 10.1 Å². The van der Waals surface area contributed by atoms with Gasteiger partial charge in [0.15, 0.2) is 0 Å². The molecule has 0 fully saturated rings. The van der Waals surface area contributed by atoms with Crippen molar-refractivity contribution >= 4 is 24.2 Å². The highest BCUT2D eigenvalue weighted by molar-refractivity contribution is 7.99. The van der Waals surface area contributed by atoms with Crippen molar-refractivity contribution in [1.29, 1.82) is 0 Å². The zero-order valence-corrected chi connectivity index (χ0v) is 20.2. The second-order valence-electron chi connectivity index (χ2n) is 7.51. The first-order valence-corrected chi connectivity index (χ1v) is 11.7. The summed E-state index contributed by atoms with van der Waals surface area (Å²) in [6, 6.07) is 26.7. The minimum Gasteiger partial charge on any atom is -0.489 e. The summed E-state index contributed by atoms with van der Waals surface area (Å²) >= 11 is 1.67. The molecular formula is C25H28ClN5OS. The maximum Gasteiger partial charge on any atom is 0.214 e. The van der Waals surface area contributed by atoms with E-state index in [0.717, 1.165) is 41.9 Å². The van der Waals surface area contributed by atoms with Gasteiger partial charge in [-0.3, -0.25) is 0 Å². The standard InChI is InChI=1S/C25H27N5OS.ClH/c1-20-11-13-21(14-12-20)19-31-24-10-5-7-22(17-24)18-26-15-6-16-32-25-27-28-29-30(25)23-8-3-2-4-9-23;/h2-5,7-14,17,26H,6,15-16,18-19H2,1H3;1H. The number of aryl methyl sites for hydroxylation is 1. The monoisotopic (exact) mass is 481 g/mol. The van der Waals surface area contributed by atoms with Gasteiger partial charge >= 0.3 is 0 Å². The van der Waals surface area contributed by atoms with Crippen molar-refractivity contribution in [3.05, 3.63) is 95.6 Å². The van der Waals surface area contributed by atoms with Gasteiger partial charge in [-0.05, 0) is 65.7 Å². The van der Waals surface area contributed by atoms with E-state index >= 15 is 0 Å². The van der Waals surface area contributed by atoms with Crippen molar-refractivity contribution in [2.45, 2.75) is 31.7 Å². The average molecular weight is 482 g/mol. The van der Waals surface area contributed by atoms with Crippen LogP contribution >= 0.6 is 24.2 Å². The first kappa shape index (κ1) is 24.8. The van der Waals surface area contributed by atoms with Crippen LogP contribution in [-0.2, 0) is 13.2 Å². The molecule has 1 heterocycles. The van der Waals surface area contributed by atoms with Gasteiger partial charge in [0.05, 0.1) is 5.69 Å². The van der Waals surface area contributed by atoms with E-state index < -0.39 is 0 Å². The largest absolute Gasteiger partial charge is 0.489 e. The molecule has 0 atom stereocenters. The van der Waals surface area contributed by atoms with Crippen molar-refractivity contribution in [2.75, 3.05) is 12.3 Å². The summed E-state index contributed by atoms with van der Waals surface area (Å²) in [6.07, 6.45) is 1.02. The van der Waals surface area contributed by atoms with Crippen LogP contribution in [0.2, 0.25) is 0 Å². The Morgan fingerprint density at radius 3 is 2.58 bits per heavy atom. The van der Waals surface area contributed by atoms with E-state index in [0.29, 0.717) is 6.61 Å². The van der Waals surface area contributed by atoms with Gasteiger partial charge < -0.3 is 10.1 Å². The molecule has 0 spiro atoms. The van der Waals surface area contributed by atoms with Crippen LogP contribution in [0.25, 0.3) is 5.69 Å². The molecule has 4 aromatic rings. The summed E-state index contributed by atoms with van der Waals surface area (Å²) in [6.45, 7) is 4.41. The third-order valence-electron chi connectivity index (χ3n) is 4.92. The molecule has 0 saturated heterocycles. The van der Waals surface area contributed by atoms with Gasteiger partial charge in [0.25, 0.3) is 0 Å². The average Bonchev–Trinajstić information content (AvgIpc) is 3.30. The van der Waals surface area contributed by atoms with Crippen molar-refractivity contribution in [3.63, 3.8) is 0 Å². The summed E-state index contributed by atoms with van der Waals surface area (Å²) in [4.78, 5) is 0. The van der Waals surface area contributed by atoms with Gasteiger partial charge in [-0.2, -0.15) is 4.68 Å². The van der Waals surface area contributed by atoms with E-state index in [4.69, 9.17) is 4.74 Å². The Morgan fingerprint density at radius 2 is 1.76 bits per heavy atom. The SMILES string of the molecule is Cc1ccc(COc2cccc(CNCCCSc3nnnn3-c3ccccc3)c2)cc1.Cl. The minimum absolute atomic E-state index is 0. The van der Waals surface area contributed by atoms with E-state index in [1.807, 2.05) is 42.5 Å². The van der Waals surface area contributed by atoms with Crippen LogP contribution in [0.15, 0.2) is 84.0 Å². The lowest BCUT2D eigenvalue weighted by atomic mass is 10.2. The highest BCUT2D eigenvalue weighted by Gasteiger charge is 2.08. The molecule has 0 aliphatic carbocycles. The molecule has 0 bridgehead atoms. The second-order valence-corrected chi connectivity index (χ2v) is 8.57. The van der Waals surface area contributed by atoms with E-state index in [1.165, 1.54) is 16.7 Å². The number of nitrogens with one attached hydrogen (secondary N) is 1. The number of nitrogens with zero attached hydrogens (tertiary/aromatic N) is 4. The smallest absolute Gasteiger partial charge is 0.214 e. The Hall–Kier alpha value is -2.87. The highest BCUT2D eigenvalue weighted by atomic mass is 35.5. The summed E-state index contributed by atoms with van der Waals surface area (Å²) in [5, 5.41) is 16.4. The number of para-hydroxylation sites is 1. The molecule has 1 aromatic heterocycles. The van der Waals surface area contributed by atoms with E-state index in [-0.39, 0.29) is 12.4 Å². The molecule has 1 N–H and O–H groups in total. The third-order valence-corrected chi connectivity index (χ3v) is 5.93. The lowest BCUT2D eigenvalue weighted by Gasteiger charge is -2.09. The van der Waals surface area contributed by atoms with Crippen LogP contribution in [0.1, 0.15) is 23.1 Å². The molecule has 0 unspecified atom stereocenters. The van der Waals surface area contributed by atoms with Gasteiger partial charge in [0, 0.05) is 12.3 Å². The number of tetrazole rings is 1. The summed E-state index contributed by atoms with van der Waals surface area (Å²) in [7, 11) is 0. The molecule has 8 heteroatoms. The van der Waals surface area contributed by atoms with Crippen molar-refractivity contribution in [3.8, 4) is 11.4 Å². The number of hydrogen-bond donors (Lipinski definition) is 1. The zero-order valence-electron chi connectivity index (χ0n) is 18.6. The fourth-order valence-corrected chi connectivity index (χ4v) is 4.02. The number of hydrogen-bond acceptors (Lipinski definition) is 6. The van der Waals surface area contributed by atoms with Gasteiger partial charge in [-0.15, -0.1) is 17.5 Å². The van der Waals surface area contributed by atoms with E-state index in [2.05, 4.69) is 64.2 Å². The van der Waals surface area contributed by atoms with Crippen molar-refractivity contribution < 1.29 is 4.74 Å². The molecule has 172 valence electrons. The third kappa shape index (κ3) is 7.60. The number of halogens is 1. The molecule has 0 saturated carbocycles. The molecule has 33 heavy (non-hydrogen) atoms. The Kier molecular flexibility index (Phi) is 9.75. The molecule has 6 nitrogen and oxygen atoms in total. The van der Waals surface area contributed by atoms with Crippen LogP contribution in [-0.4, -0.2) is 32.5 Å². The number of ether oxygens (including phenoxy) is 1.